The number of non-ortho nitro benzene ring substituents is 1. The number of fused-ring (bicyclic) bond motifs is 3. The lowest BCUT2D eigenvalue weighted by Gasteiger charge is -2.27. The summed E-state index contributed by atoms with van der Waals surface area (Å²) in [4.78, 5) is 37.9. The first-order valence-electron chi connectivity index (χ1n) is 7.75. The Morgan fingerprint density at radius 1 is 1.32 bits per heavy atom. The number of Topliss-reactive ketones (excluding diaryl/α,β-unsaturated/α-hetero) is 1. The van der Waals surface area contributed by atoms with E-state index in [0.717, 1.165) is 0 Å². The van der Waals surface area contributed by atoms with E-state index < -0.39 is 4.92 Å². The molecule has 8 nitrogen and oxygen atoms in total. The standard InChI is InChI=1S/C17H13N5O3/c23-15(11-2-1-5-18-10-11)9-16-20-14-4-3-12(22(24)25)8-13(14)17-19-6-7-21(16)17/h1-5,8,10H,6-7,9H2. The number of ketones is 1. The minimum absolute atomic E-state index is 0.00149. The first-order valence-corrected chi connectivity index (χ1v) is 7.75. The molecule has 0 spiro atoms. The molecule has 0 unspecified atom stereocenters. The first kappa shape index (κ1) is 15.1. The van der Waals surface area contributed by atoms with Crippen molar-refractivity contribution in [3.63, 3.8) is 0 Å². The molecule has 0 atom stereocenters. The van der Waals surface area contributed by atoms with Gasteiger partial charge in [0, 0.05) is 42.2 Å². The second-order valence-electron chi connectivity index (χ2n) is 5.69. The van der Waals surface area contributed by atoms with Gasteiger partial charge in [-0.15, -0.1) is 0 Å². The Balaban J connectivity index is 1.71. The lowest BCUT2D eigenvalue weighted by Crippen LogP contribution is -2.38. The zero-order chi connectivity index (χ0) is 17.4. The third kappa shape index (κ3) is 2.67. The lowest BCUT2D eigenvalue weighted by molar-refractivity contribution is -0.384. The fraction of sp³-hybridized carbons (Fsp3) is 0.176. The summed E-state index contributed by atoms with van der Waals surface area (Å²) >= 11 is 0. The number of carbonyl (C=O) groups excluding carboxylic acids is 1. The van der Waals surface area contributed by atoms with E-state index in [-0.39, 0.29) is 17.9 Å². The molecular weight excluding hydrogens is 322 g/mol. The van der Waals surface area contributed by atoms with Gasteiger partial charge in [0.05, 0.1) is 23.6 Å². The molecule has 2 aromatic rings. The average Bonchev–Trinajstić information content (AvgIpc) is 3.12. The van der Waals surface area contributed by atoms with Crippen LogP contribution in [0.25, 0.3) is 0 Å². The van der Waals surface area contributed by atoms with E-state index in [4.69, 9.17) is 0 Å². The number of pyridine rings is 1. The van der Waals surface area contributed by atoms with Crippen LogP contribution in [0.5, 0.6) is 0 Å². The van der Waals surface area contributed by atoms with Gasteiger partial charge < -0.3 is 4.90 Å². The highest BCUT2D eigenvalue weighted by atomic mass is 16.6. The number of nitrogens with zero attached hydrogens (tertiary/aromatic N) is 5. The zero-order valence-corrected chi connectivity index (χ0v) is 13.1. The number of aliphatic imine (C=N–C) groups is 2. The third-order valence-electron chi connectivity index (χ3n) is 4.14. The summed E-state index contributed by atoms with van der Waals surface area (Å²) in [6.45, 7) is 1.17. The highest BCUT2D eigenvalue weighted by Gasteiger charge is 2.31. The van der Waals surface area contributed by atoms with Crippen LogP contribution in [-0.2, 0) is 0 Å². The van der Waals surface area contributed by atoms with Crippen LogP contribution in [0, 0.1) is 10.1 Å². The van der Waals surface area contributed by atoms with Crippen LogP contribution in [0.4, 0.5) is 11.4 Å². The van der Waals surface area contributed by atoms with E-state index in [0.29, 0.717) is 41.6 Å². The van der Waals surface area contributed by atoms with Crippen LogP contribution in [0.3, 0.4) is 0 Å². The van der Waals surface area contributed by atoms with Crippen LogP contribution in [0.15, 0.2) is 52.7 Å². The SMILES string of the molecule is O=C(CC1=Nc2ccc([N+](=O)[O-])cc2C2=NCCN12)c1cccnc1. The van der Waals surface area contributed by atoms with E-state index >= 15 is 0 Å². The fourth-order valence-electron chi connectivity index (χ4n) is 2.95. The van der Waals surface area contributed by atoms with E-state index in [2.05, 4.69) is 15.0 Å². The monoisotopic (exact) mass is 335 g/mol. The molecule has 0 bridgehead atoms. The molecule has 2 aliphatic heterocycles. The van der Waals surface area contributed by atoms with Gasteiger partial charge in [-0.3, -0.25) is 24.9 Å². The van der Waals surface area contributed by atoms with Crippen molar-refractivity contribution >= 4 is 28.8 Å². The predicted molar refractivity (Wildman–Crippen MR) is 91.5 cm³/mol. The van der Waals surface area contributed by atoms with Gasteiger partial charge in [-0.25, -0.2) is 4.99 Å². The minimum Gasteiger partial charge on any atom is -0.312 e. The summed E-state index contributed by atoms with van der Waals surface area (Å²) < 4.78 is 0. The van der Waals surface area contributed by atoms with Gasteiger partial charge in [-0.1, -0.05) is 0 Å². The van der Waals surface area contributed by atoms with Gasteiger partial charge in [0.15, 0.2) is 5.78 Å². The zero-order valence-electron chi connectivity index (χ0n) is 13.1. The summed E-state index contributed by atoms with van der Waals surface area (Å²) in [5.74, 6) is 1.16. The summed E-state index contributed by atoms with van der Waals surface area (Å²) in [7, 11) is 0. The van der Waals surface area contributed by atoms with Gasteiger partial charge in [-0.2, -0.15) is 0 Å². The van der Waals surface area contributed by atoms with Crippen molar-refractivity contribution in [3.8, 4) is 0 Å². The quantitative estimate of drug-likeness (QED) is 0.485. The summed E-state index contributed by atoms with van der Waals surface area (Å²) in [5, 5.41) is 11.0. The molecule has 0 aliphatic carbocycles. The molecule has 0 fully saturated rings. The Bertz CT molecular complexity index is 937. The average molecular weight is 335 g/mol. The van der Waals surface area contributed by atoms with E-state index in [1.54, 1.807) is 24.4 Å². The minimum atomic E-state index is -0.439. The van der Waals surface area contributed by atoms with Crippen LogP contribution < -0.4 is 0 Å². The normalized spacial score (nSPS) is 15.1. The molecule has 124 valence electrons. The van der Waals surface area contributed by atoms with Crippen molar-refractivity contribution in [2.75, 3.05) is 13.1 Å². The summed E-state index contributed by atoms with van der Waals surface area (Å²) in [6, 6.07) is 7.92. The van der Waals surface area contributed by atoms with Crippen molar-refractivity contribution < 1.29 is 9.72 Å². The lowest BCUT2D eigenvalue weighted by atomic mass is 10.1. The van der Waals surface area contributed by atoms with Crippen molar-refractivity contribution in [2.45, 2.75) is 6.42 Å². The van der Waals surface area contributed by atoms with Gasteiger partial charge in [0.2, 0.25) is 0 Å². The number of benzene rings is 1. The number of hydrogen-bond acceptors (Lipinski definition) is 7. The van der Waals surface area contributed by atoms with Crippen LogP contribution in [-0.4, -0.2) is 45.4 Å². The summed E-state index contributed by atoms with van der Waals surface area (Å²) in [5.41, 5.74) is 1.75. The molecule has 4 rings (SSSR count). The van der Waals surface area contributed by atoms with Crippen LogP contribution in [0.1, 0.15) is 22.3 Å². The number of carbonyl (C=O) groups is 1. The third-order valence-corrected chi connectivity index (χ3v) is 4.14. The van der Waals surface area contributed by atoms with Crippen LogP contribution >= 0.6 is 0 Å². The Hall–Kier alpha value is -3.42. The molecule has 25 heavy (non-hydrogen) atoms. The van der Waals surface area contributed by atoms with Gasteiger partial charge in [-0.05, 0) is 18.2 Å². The molecule has 0 N–H and O–H groups in total. The van der Waals surface area contributed by atoms with Gasteiger partial charge in [0.25, 0.3) is 5.69 Å². The molecule has 0 radical (unpaired) electrons. The number of nitro groups is 1. The van der Waals surface area contributed by atoms with Crippen molar-refractivity contribution in [1.29, 1.82) is 0 Å². The number of nitro benzene ring substituents is 1. The molecular formula is C17H13N5O3. The summed E-state index contributed by atoms with van der Waals surface area (Å²) in [6.07, 6.45) is 3.27. The maximum absolute atomic E-state index is 12.5. The Kier molecular flexibility index (Phi) is 3.57. The number of amidine groups is 2. The predicted octanol–water partition coefficient (Wildman–Crippen LogP) is 2.37. The Labute approximate surface area is 142 Å². The number of hydrogen-bond donors (Lipinski definition) is 0. The van der Waals surface area contributed by atoms with E-state index in [9.17, 15) is 14.9 Å². The van der Waals surface area contributed by atoms with Gasteiger partial charge in [0.1, 0.15) is 11.7 Å². The van der Waals surface area contributed by atoms with Crippen molar-refractivity contribution in [2.24, 2.45) is 9.98 Å². The highest BCUT2D eigenvalue weighted by molar-refractivity contribution is 6.21. The molecule has 1 aromatic carbocycles. The fourth-order valence-corrected chi connectivity index (χ4v) is 2.95. The Morgan fingerprint density at radius 2 is 2.20 bits per heavy atom. The molecule has 0 saturated carbocycles. The molecule has 3 heterocycles. The molecule has 8 heteroatoms. The van der Waals surface area contributed by atoms with Crippen LogP contribution in [0.2, 0.25) is 0 Å². The molecule has 2 aliphatic rings. The smallest absolute Gasteiger partial charge is 0.270 e. The molecule has 0 saturated heterocycles. The molecule has 0 amide bonds. The largest absolute Gasteiger partial charge is 0.312 e. The second-order valence-corrected chi connectivity index (χ2v) is 5.69. The number of aromatic nitrogens is 1. The Morgan fingerprint density at radius 3 is 2.96 bits per heavy atom. The van der Waals surface area contributed by atoms with Crippen molar-refractivity contribution in [3.05, 3.63) is 64.0 Å². The van der Waals surface area contributed by atoms with Gasteiger partial charge >= 0.3 is 0 Å². The molecule has 1 aromatic heterocycles. The van der Waals surface area contributed by atoms with Crippen molar-refractivity contribution in [1.82, 2.24) is 9.88 Å². The maximum Gasteiger partial charge on any atom is 0.270 e. The topological polar surface area (TPSA) is 101 Å². The van der Waals surface area contributed by atoms with E-state index in [1.807, 2.05) is 4.90 Å². The first-order chi connectivity index (χ1) is 12.1. The maximum atomic E-state index is 12.5. The highest BCUT2D eigenvalue weighted by Crippen LogP contribution is 2.32. The second kappa shape index (κ2) is 5.90. The number of rotatable bonds is 4. The van der Waals surface area contributed by atoms with E-state index in [1.165, 1.54) is 18.3 Å².